The quantitative estimate of drug-likeness (QED) is 0.766. The van der Waals surface area contributed by atoms with Gasteiger partial charge in [-0.05, 0) is 37.7 Å². The number of rotatable bonds is 6. The summed E-state index contributed by atoms with van der Waals surface area (Å²) >= 11 is 1.35. The summed E-state index contributed by atoms with van der Waals surface area (Å²) in [5.74, 6) is 1.14. The van der Waals surface area contributed by atoms with Crippen LogP contribution < -0.4 is 16.4 Å². The Bertz CT molecular complexity index is 865. The summed E-state index contributed by atoms with van der Waals surface area (Å²) in [4.78, 5) is 35.2. The van der Waals surface area contributed by atoms with Gasteiger partial charge in [-0.2, -0.15) is 0 Å². The summed E-state index contributed by atoms with van der Waals surface area (Å²) in [6.45, 7) is 7.55. The normalized spacial score (nSPS) is 17.1. The smallest absolute Gasteiger partial charge is 0.258 e. The van der Waals surface area contributed by atoms with Gasteiger partial charge in [0.05, 0.1) is 21.1 Å². The Morgan fingerprint density at radius 2 is 1.96 bits per heavy atom. The molecule has 3 heterocycles. The highest BCUT2D eigenvalue weighted by atomic mass is 32.1. The second-order valence-electron chi connectivity index (χ2n) is 8.62. The highest BCUT2D eigenvalue weighted by Crippen LogP contribution is 2.34. The van der Waals surface area contributed by atoms with Crippen molar-refractivity contribution < 1.29 is 9.59 Å². The van der Waals surface area contributed by atoms with Gasteiger partial charge in [0.15, 0.2) is 5.78 Å². The van der Waals surface area contributed by atoms with Crippen LogP contribution in [-0.4, -0.2) is 40.8 Å². The number of thiophene rings is 1. The van der Waals surface area contributed by atoms with Crippen molar-refractivity contribution >= 4 is 39.1 Å². The van der Waals surface area contributed by atoms with Gasteiger partial charge in [0.2, 0.25) is 0 Å². The van der Waals surface area contributed by atoms with Crippen molar-refractivity contribution in [3.63, 3.8) is 0 Å². The molecule has 28 heavy (non-hydrogen) atoms. The maximum absolute atomic E-state index is 12.3. The van der Waals surface area contributed by atoms with E-state index in [1.807, 2.05) is 20.8 Å². The van der Waals surface area contributed by atoms with E-state index in [1.165, 1.54) is 11.3 Å². The number of fused-ring (bicyclic) bond motifs is 1. The second-order valence-corrected chi connectivity index (χ2v) is 9.67. The molecule has 1 saturated heterocycles. The second kappa shape index (κ2) is 8.13. The van der Waals surface area contributed by atoms with Crippen LogP contribution in [0.25, 0.3) is 10.2 Å². The van der Waals surface area contributed by atoms with Gasteiger partial charge >= 0.3 is 0 Å². The number of aromatic nitrogens is 2. The third kappa shape index (κ3) is 4.50. The Morgan fingerprint density at radius 1 is 1.29 bits per heavy atom. The van der Waals surface area contributed by atoms with E-state index in [2.05, 4.69) is 14.9 Å². The van der Waals surface area contributed by atoms with Crippen molar-refractivity contribution in [2.24, 2.45) is 22.8 Å². The van der Waals surface area contributed by atoms with Crippen molar-refractivity contribution in [1.29, 1.82) is 0 Å². The van der Waals surface area contributed by atoms with Crippen LogP contribution in [0.3, 0.4) is 0 Å². The molecule has 1 atom stereocenters. The van der Waals surface area contributed by atoms with Gasteiger partial charge < -0.3 is 16.4 Å². The number of Topliss-reactive ketones (excluding diaryl/α,β-unsaturated/α-hetero) is 1. The number of carbonyl (C=O) groups is 2. The van der Waals surface area contributed by atoms with Gasteiger partial charge in [-0.3, -0.25) is 9.59 Å². The summed E-state index contributed by atoms with van der Waals surface area (Å²) in [5.41, 5.74) is 11.9. The molecule has 0 spiro atoms. The average molecular weight is 404 g/mol. The van der Waals surface area contributed by atoms with E-state index in [-0.39, 0.29) is 17.2 Å². The minimum absolute atomic E-state index is 0.135. The van der Waals surface area contributed by atoms with Gasteiger partial charge in [0, 0.05) is 18.5 Å². The maximum Gasteiger partial charge on any atom is 0.258 e. The molecule has 1 aliphatic heterocycles. The first-order chi connectivity index (χ1) is 13.2. The van der Waals surface area contributed by atoms with E-state index >= 15 is 0 Å². The van der Waals surface area contributed by atoms with Crippen LogP contribution in [0.4, 0.5) is 5.82 Å². The fourth-order valence-corrected chi connectivity index (χ4v) is 4.70. The number of nitrogens with zero attached hydrogens (tertiary/aromatic N) is 3. The topological polar surface area (TPSA) is 115 Å². The zero-order valence-electron chi connectivity index (χ0n) is 16.8. The van der Waals surface area contributed by atoms with Crippen LogP contribution >= 0.6 is 11.3 Å². The molecule has 2 aromatic heterocycles. The molecule has 0 aromatic carbocycles. The van der Waals surface area contributed by atoms with Crippen molar-refractivity contribution in [1.82, 2.24) is 9.97 Å². The molecule has 0 aliphatic carbocycles. The Morgan fingerprint density at radius 3 is 2.57 bits per heavy atom. The van der Waals surface area contributed by atoms with Crippen LogP contribution in [0.1, 0.15) is 56.1 Å². The lowest BCUT2D eigenvalue weighted by Crippen LogP contribution is -2.40. The monoisotopic (exact) mass is 403 g/mol. The van der Waals surface area contributed by atoms with Gasteiger partial charge in [-0.25, -0.2) is 9.97 Å². The first kappa shape index (κ1) is 20.7. The summed E-state index contributed by atoms with van der Waals surface area (Å²) < 4.78 is 0.910. The molecule has 8 heteroatoms. The van der Waals surface area contributed by atoms with Gasteiger partial charge in [-0.1, -0.05) is 20.8 Å². The van der Waals surface area contributed by atoms with Crippen LogP contribution in [0.5, 0.6) is 0 Å². The van der Waals surface area contributed by atoms with Gasteiger partial charge in [0.1, 0.15) is 12.1 Å². The highest BCUT2D eigenvalue weighted by Gasteiger charge is 2.28. The SMILES string of the molecule is CC(C)(C)C(=O)C(N)CCC1CCN(c2ncnc3cc(C(N)=O)sc23)CC1. The Hall–Kier alpha value is -2.06. The van der Waals surface area contributed by atoms with E-state index in [0.717, 1.165) is 54.8 Å². The van der Waals surface area contributed by atoms with E-state index < -0.39 is 5.91 Å². The van der Waals surface area contributed by atoms with Crippen LogP contribution in [0.2, 0.25) is 0 Å². The zero-order valence-corrected chi connectivity index (χ0v) is 17.6. The van der Waals surface area contributed by atoms with Crippen LogP contribution in [0.15, 0.2) is 12.4 Å². The molecule has 1 aliphatic rings. The highest BCUT2D eigenvalue weighted by molar-refractivity contribution is 7.21. The van der Waals surface area contributed by atoms with Gasteiger partial charge in [-0.15, -0.1) is 11.3 Å². The summed E-state index contributed by atoms with van der Waals surface area (Å²) in [6, 6.07) is 1.35. The predicted molar refractivity (Wildman–Crippen MR) is 113 cm³/mol. The molecule has 3 rings (SSSR count). The molecule has 152 valence electrons. The molecule has 2 aromatic rings. The number of amides is 1. The molecule has 0 saturated carbocycles. The Kier molecular flexibility index (Phi) is 6.00. The van der Waals surface area contributed by atoms with Crippen molar-refractivity contribution in [2.75, 3.05) is 18.0 Å². The van der Waals surface area contributed by atoms with E-state index in [0.29, 0.717) is 10.8 Å². The molecular weight excluding hydrogens is 374 g/mol. The number of piperidine rings is 1. The Balaban J connectivity index is 1.59. The first-order valence-corrected chi connectivity index (χ1v) is 10.6. The minimum atomic E-state index is -0.436. The maximum atomic E-state index is 12.3. The average Bonchev–Trinajstić information content (AvgIpc) is 3.10. The van der Waals surface area contributed by atoms with Gasteiger partial charge in [0.25, 0.3) is 5.91 Å². The first-order valence-electron chi connectivity index (χ1n) is 9.76. The molecule has 1 fully saturated rings. The molecule has 7 nitrogen and oxygen atoms in total. The molecule has 1 unspecified atom stereocenters. The number of ketones is 1. The van der Waals surface area contributed by atoms with Crippen molar-refractivity contribution in [3.05, 3.63) is 17.3 Å². The van der Waals surface area contributed by atoms with E-state index in [1.54, 1.807) is 12.4 Å². The third-order valence-corrected chi connectivity index (χ3v) is 6.55. The molecule has 4 N–H and O–H groups in total. The van der Waals surface area contributed by atoms with Crippen molar-refractivity contribution in [2.45, 2.75) is 52.5 Å². The minimum Gasteiger partial charge on any atom is -0.365 e. The number of anilines is 1. The number of nitrogens with two attached hydrogens (primary N) is 2. The largest absolute Gasteiger partial charge is 0.365 e. The van der Waals surface area contributed by atoms with E-state index in [4.69, 9.17) is 11.5 Å². The number of carbonyl (C=O) groups excluding carboxylic acids is 2. The summed E-state index contributed by atoms with van der Waals surface area (Å²) in [5, 5.41) is 0. The lowest BCUT2D eigenvalue weighted by molar-refractivity contribution is -0.127. The van der Waals surface area contributed by atoms with E-state index in [9.17, 15) is 9.59 Å². The predicted octanol–water partition coefficient (Wildman–Crippen LogP) is 2.73. The summed E-state index contributed by atoms with van der Waals surface area (Å²) in [7, 11) is 0. The zero-order chi connectivity index (χ0) is 20.5. The number of hydrogen-bond acceptors (Lipinski definition) is 7. The third-order valence-electron chi connectivity index (χ3n) is 5.41. The Labute approximate surface area is 169 Å². The molecule has 0 radical (unpaired) electrons. The molecular formula is C20H29N5O2S. The lowest BCUT2D eigenvalue weighted by atomic mass is 9.83. The fraction of sp³-hybridized carbons (Fsp3) is 0.600. The molecule has 1 amide bonds. The molecule has 0 bridgehead atoms. The number of hydrogen-bond donors (Lipinski definition) is 2. The summed E-state index contributed by atoms with van der Waals surface area (Å²) in [6.07, 6.45) is 5.33. The van der Waals surface area contributed by atoms with Crippen molar-refractivity contribution in [3.8, 4) is 0 Å². The number of primary amides is 1. The van der Waals surface area contributed by atoms with Crippen LogP contribution in [-0.2, 0) is 4.79 Å². The lowest BCUT2D eigenvalue weighted by Gasteiger charge is -2.33. The van der Waals surface area contributed by atoms with Crippen LogP contribution in [0, 0.1) is 11.3 Å². The standard InChI is InChI=1S/C20H29N5O2S/c1-20(2,3)17(26)13(21)5-4-12-6-8-25(9-7-12)19-16-14(23-11-24-19)10-15(28-16)18(22)27/h10-13H,4-9,21H2,1-3H3,(H2,22,27). The fourth-order valence-electron chi connectivity index (χ4n) is 3.72.